The van der Waals surface area contributed by atoms with E-state index in [0.29, 0.717) is 0 Å². The molecule has 0 aromatic carbocycles. The zero-order chi connectivity index (χ0) is 24.3. The minimum Gasteiger partial charge on any atom is -0.412 e. The Kier molecular flexibility index (Phi) is 14.0. The van der Waals surface area contributed by atoms with E-state index in [0.717, 1.165) is 12.8 Å². The van der Waals surface area contributed by atoms with Gasteiger partial charge in [0.05, 0.1) is 33.0 Å². The largest absolute Gasteiger partial charge is 0.412 e. The van der Waals surface area contributed by atoms with Gasteiger partial charge in [0.2, 0.25) is 0 Å². The van der Waals surface area contributed by atoms with E-state index in [9.17, 15) is 10.2 Å². The second-order valence-corrected chi connectivity index (χ2v) is 22.1. The molecule has 0 saturated heterocycles. The predicted octanol–water partition coefficient (Wildman–Crippen LogP) is 6.98. The van der Waals surface area contributed by atoms with Crippen molar-refractivity contribution in [1.82, 2.24) is 0 Å². The molecule has 0 radical (unpaired) electrons. The molecule has 0 aromatic heterocycles. The average Bonchev–Trinajstić information content (AvgIpc) is 2.62. The monoisotopic (exact) mass is 476 g/mol. The molecule has 0 aliphatic rings. The highest BCUT2D eigenvalue weighted by Gasteiger charge is 2.57. The van der Waals surface area contributed by atoms with Crippen molar-refractivity contribution in [2.24, 2.45) is 0 Å². The number of unbranched alkanes of at least 4 members (excludes halogenated alkanes) is 7. The third kappa shape index (κ3) is 10.8. The lowest BCUT2D eigenvalue weighted by Crippen LogP contribution is -2.61. The van der Waals surface area contributed by atoms with Gasteiger partial charge in [-0.05, 0) is 39.9 Å². The van der Waals surface area contributed by atoms with E-state index >= 15 is 0 Å². The molecule has 2 N–H and O–H groups in total. The molecule has 0 saturated carbocycles. The lowest BCUT2D eigenvalue weighted by atomic mass is 9.83. The Morgan fingerprint density at radius 3 is 1.71 bits per heavy atom. The number of hydrogen-bond donors (Lipinski definition) is 2. The average molecular weight is 477 g/mol. The summed E-state index contributed by atoms with van der Waals surface area (Å²) in [6, 6.07) is 0. The first-order valence-electron chi connectivity index (χ1n) is 12.7. The van der Waals surface area contributed by atoms with Crippen molar-refractivity contribution >= 4 is 16.4 Å². The lowest BCUT2D eigenvalue weighted by Gasteiger charge is -2.57. The zero-order valence-corrected chi connectivity index (χ0v) is 24.6. The van der Waals surface area contributed by atoms with Gasteiger partial charge in [-0.2, -0.15) is 0 Å². The minimum absolute atomic E-state index is 0.00630. The van der Waals surface area contributed by atoms with Crippen LogP contribution in [0.25, 0.3) is 0 Å². The van der Waals surface area contributed by atoms with Gasteiger partial charge in [-0.3, -0.25) is 0 Å². The predicted molar refractivity (Wildman–Crippen MR) is 140 cm³/mol. The van der Waals surface area contributed by atoms with Crippen molar-refractivity contribution in [3.63, 3.8) is 0 Å². The topological polar surface area (TPSA) is 58.9 Å². The summed E-state index contributed by atoms with van der Waals surface area (Å²) < 4.78 is 13.2. The SMILES string of the molecule is CCCCCCCCCCC(OCC(O)CO)C(C)(C(C)(C)O[Si](C)(C)C)[Si](C)(C)C. The van der Waals surface area contributed by atoms with Crippen LogP contribution in [-0.4, -0.2) is 57.6 Å². The molecule has 0 bridgehead atoms. The summed E-state index contributed by atoms with van der Waals surface area (Å²) in [6.07, 6.45) is 10.5. The molecular weight excluding hydrogens is 420 g/mol. The van der Waals surface area contributed by atoms with E-state index in [-0.39, 0.29) is 30.0 Å². The van der Waals surface area contributed by atoms with Gasteiger partial charge >= 0.3 is 0 Å². The van der Waals surface area contributed by atoms with Gasteiger partial charge in [0.1, 0.15) is 6.10 Å². The van der Waals surface area contributed by atoms with E-state index in [2.05, 4.69) is 67.0 Å². The third-order valence-corrected chi connectivity index (χ3v) is 12.2. The van der Waals surface area contributed by atoms with Gasteiger partial charge in [0, 0.05) is 5.04 Å². The van der Waals surface area contributed by atoms with Crippen LogP contribution in [0.2, 0.25) is 44.3 Å². The quantitative estimate of drug-likeness (QED) is 0.165. The smallest absolute Gasteiger partial charge is 0.184 e. The molecule has 3 atom stereocenters. The Morgan fingerprint density at radius 2 is 1.29 bits per heavy atom. The van der Waals surface area contributed by atoms with Crippen LogP contribution in [0.4, 0.5) is 0 Å². The minimum atomic E-state index is -1.76. The highest BCUT2D eigenvalue weighted by atomic mass is 28.4. The van der Waals surface area contributed by atoms with Crippen LogP contribution in [0.5, 0.6) is 0 Å². The maximum atomic E-state index is 9.99. The molecule has 6 heteroatoms. The van der Waals surface area contributed by atoms with Gasteiger partial charge in [-0.15, -0.1) is 0 Å². The summed E-state index contributed by atoms with van der Waals surface area (Å²) in [5, 5.41) is 19.2. The summed E-state index contributed by atoms with van der Waals surface area (Å²) in [5.74, 6) is 0. The van der Waals surface area contributed by atoms with Crippen molar-refractivity contribution < 1.29 is 19.4 Å². The molecule has 0 aromatic rings. The van der Waals surface area contributed by atoms with Gasteiger partial charge < -0.3 is 19.4 Å². The molecule has 0 rings (SSSR count). The third-order valence-electron chi connectivity index (χ3n) is 7.03. The lowest BCUT2D eigenvalue weighted by molar-refractivity contribution is -0.0859. The van der Waals surface area contributed by atoms with Crippen molar-refractivity contribution in [1.29, 1.82) is 0 Å². The highest BCUT2D eigenvalue weighted by molar-refractivity contribution is 6.79. The molecule has 0 amide bonds. The van der Waals surface area contributed by atoms with Gasteiger partial charge in [0.15, 0.2) is 8.32 Å². The number of rotatable bonds is 18. The first-order chi connectivity index (χ1) is 14.1. The molecule has 188 valence electrons. The first kappa shape index (κ1) is 31.3. The molecule has 3 unspecified atom stereocenters. The molecule has 0 spiro atoms. The summed E-state index contributed by atoms with van der Waals surface area (Å²) in [4.78, 5) is 0. The number of ether oxygens (including phenoxy) is 1. The Labute approximate surface area is 196 Å². The Morgan fingerprint density at radius 1 is 0.806 bits per heavy atom. The molecule has 4 nitrogen and oxygen atoms in total. The Hall–Kier alpha value is 0.274. The standard InChI is InChI=1S/C25H56O4Si2/c1-11-12-13-14-15-16-17-18-19-23(28-21-22(27)20-26)25(4,30(5,6)7)24(2,3)29-31(8,9)10/h22-23,26-27H,11-21H2,1-10H3. The number of hydrogen-bond acceptors (Lipinski definition) is 4. The van der Waals surface area contributed by atoms with Crippen LogP contribution in [0.15, 0.2) is 0 Å². The molecular formula is C25H56O4Si2. The summed E-state index contributed by atoms with van der Waals surface area (Å²) >= 11 is 0. The second kappa shape index (κ2) is 13.9. The second-order valence-electron chi connectivity index (χ2n) is 12.1. The van der Waals surface area contributed by atoms with Crippen LogP contribution in [0, 0.1) is 0 Å². The fourth-order valence-corrected chi connectivity index (χ4v) is 9.82. The molecule has 0 aliphatic heterocycles. The van der Waals surface area contributed by atoms with Crippen LogP contribution in [-0.2, 0) is 9.16 Å². The number of aliphatic hydroxyl groups is 2. The molecule has 0 heterocycles. The van der Waals surface area contributed by atoms with Crippen LogP contribution in [0.3, 0.4) is 0 Å². The molecule has 31 heavy (non-hydrogen) atoms. The van der Waals surface area contributed by atoms with Crippen molar-refractivity contribution in [2.75, 3.05) is 13.2 Å². The summed E-state index contributed by atoms with van der Waals surface area (Å²) in [7, 11) is -3.52. The van der Waals surface area contributed by atoms with E-state index in [1.165, 1.54) is 44.9 Å². The first-order valence-corrected chi connectivity index (χ1v) is 19.6. The summed E-state index contributed by atoms with van der Waals surface area (Å²) in [6.45, 7) is 23.0. The van der Waals surface area contributed by atoms with Crippen molar-refractivity contribution in [3.8, 4) is 0 Å². The van der Waals surface area contributed by atoms with E-state index in [1.807, 2.05) is 0 Å². The number of aliphatic hydroxyl groups excluding tert-OH is 2. The van der Waals surface area contributed by atoms with Crippen LogP contribution >= 0.6 is 0 Å². The van der Waals surface area contributed by atoms with Gasteiger partial charge in [-0.1, -0.05) is 84.9 Å². The normalized spacial score (nSPS) is 17.4. The van der Waals surface area contributed by atoms with Crippen LogP contribution in [0.1, 0.15) is 85.5 Å². The molecule has 0 fully saturated rings. The van der Waals surface area contributed by atoms with E-state index in [4.69, 9.17) is 9.16 Å². The van der Waals surface area contributed by atoms with E-state index < -0.39 is 22.5 Å². The Bertz CT molecular complexity index is 471. The van der Waals surface area contributed by atoms with Gasteiger partial charge in [-0.25, -0.2) is 0 Å². The van der Waals surface area contributed by atoms with Gasteiger partial charge in [0.25, 0.3) is 0 Å². The van der Waals surface area contributed by atoms with E-state index in [1.54, 1.807) is 0 Å². The highest BCUT2D eigenvalue weighted by Crippen LogP contribution is 2.55. The fourth-order valence-electron chi connectivity index (χ4n) is 4.93. The maximum absolute atomic E-state index is 9.99. The van der Waals surface area contributed by atoms with Crippen molar-refractivity contribution in [3.05, 3.63) is 0 Å². The molecule has 0 aliphatic carbocycles. The zero-order valence-electron chi connectivity index (χ0n) is 22.6. The maximum Gasteiger partial charge on any atom is 0.184 e. The van der Waals surface area contributed by atoms with Crippen LogP contribution < -0.4 is 0 Å². The van der Waals surface area contributed by atoms with Crippen molar-refractivity contribution in [2.45, 2.75) is 148 Å². The fraction of sp³-hybridized carbons (Fsp3) is 1.00. The Balaban J connectivity index is 5.43. The summed E-state index contributed by atoms with van der Waals surface area (Å²) in [5.41, 5.74) is -0.322.